The van der Waals surface area contributed by atoms with Crippen molar-refractivity contribution in [3.8, 4) is 49.9 Å². The summed E-state index contributed by atoms with van der Waals surface area (Å²) in [5.41, 5.74) is 6.03. The van der Waals surface area contributed by atoms with Gasteiger partial charge in [0.15, 0.2) is 17.3 Å². The van der Waals surface area contributed by atoms with Crippen molar-refractivity contribution in [3.05, 3.63) is 113 Å². The van der Waals surface area contributed by atoms with Crippen LogP contribution in [0.15, 0.2) is 83.8 Å². The lowest BCUT2D eigenvalue weighted by Crippen LogP contribution is -2.31. The maximum Gasteiger partial charge on any atom is 0.170 e. The Labute approximate surface area is 298 Å². The van der Waals surface area contributed by atoms with Gasteiger partial charge >= 0.3 is 0 Å². The van der Waals surface area contributed by atoms with Crippen LogP contribution in [-0.4, -0.2) is 36.7 Å². The molecule has 1 aromatic carbocycles. The molecule has 9 nitrogen and oxygen atoms in total. The summed E-state index contributed by atoms with van der Waals surface area (Å²) in [4.78, 5) is 44.1. The number of ketones is 2. The molecule has 0 radical (unpaired) electrons. The molecule has 0 spiro atoms. The number of hydrogen-bond acceptors (Lipinski definition) is 10. The number of benzene rings is 1. The number of aromatic nitrogens is 5. The predicted molar refractivity (Wildman–Crippen MR) is 191 cm³/mol. The van der Waals surface area contributed by atoms with Gasteiger partial charge in [-0.1, -0.05) is 38.9 Å². The number of pyridine rings is 3. The van der Waals surface area contributed by atoms with E-state index in [9.17, 15) is 14.0 Å². The number of thiazole rings is 1. The zero-order chi connectivity index (χ0) is 35.9. The van der Waals surface area contributed by atoms with Crippen molar-refractivity contribution in [3.63, 3.8) is 0 Å². The summed E-state index contributed by atoms with van der Waals surface area (Å²) in [6, 6.07) is 18.8. The molecule has 6 aromatic rings. The molecule has 0 aliphatic heterocycles. The molecule has 8 rings (SSSR count). The molecule has 51 heavy (non-hydrogen) atoms. The highest BCUT2D eigenvalue weighted by atomic mass is 32.1. The molecule has 0 amide bonds. The Kier molecular flexibility index (Phi) is 8.73. The standard InChI is InChI=1S/C21H16FN3O2.C19H17N3OS/c1-21(2)6-5-16-15(20(21)26)3-4-17(24-16)18-10-19(27-25-18)13-7-12(11-23)8-14(22)9-13;1-19(2)8-7-14-13(17(19)23)5-6-15(22-14)18-21-11-16(24-18)12-4-3-9-20-10-12/h3-4,7-10H,5-6H2,1-2H3;3-6,9-11H,7-8H2,1-2H3. The van der Waals surface area contributed by atoms with Crippen LogP contribution >= 0.6 is 11.3 Å². The van der Waals surface area contributed by atoms with Gasteiger partial charge in [0.2, 0.25) is 0 Å². The molecule has 0 saturated heterocycles. The predicted octanol–water partition coefficient (Wildman–Crippen LogP) is 8.99. The third-order valence-corrected chi connectivity index (χ3v) is 10.5. The van der Waals surface area contributed by atoms with E-state index in [2.05, 4.69) is 20.1 Å². The van der Waals surface area contributed by atoms with Crippen LogP contribution in [0.5, 0.6) is 0 Å². The fourth-order valence-corrected chi connectivity index (χ4v) is 7.12. The average molecular weight is 697 g/mol. The summed E-state index contributed by atoms with van der Waals surface area (Å²) in [6.45, 7) is 7.91. The van der Waals surface area contributed by atoms with Crippen LogP contribution < -0.4 is 0 Å². The third kappa shape index (κ3) is 6.75. The maximum absolute atomic E-state index is 13.7. The highest BCUT2D eigenvalue weighted by Gasteiger charge is 2.36. The molecule has 5 heterocycles. The smallest absolute Gasteiger partial charge is 0.170 e. The van der Waals surface area contributed by atoms with Crippen molar-refractivity contribution < 1.29 is 18.5 Å². The van der Waals surface area contributed by atoms with Crippen molar-refractivity contribution >= 4 is 22.9 Å². The summed E-state index contributed by atoms with van der Waals surface area (Å²) < 4.78 is 19.0. The topological polar surface area (TPSA) is 136 Å². The Morgan fingerprint density at radius 3 is 2.12 bits per heavy atom. The van der Waals surface area contributed by atoms with E-state index in [0.717, 1.165) is 69.8 Å². The second-order valence-corrected chi connectivity index (χ2v) is 15.0. The molecule has 0 saturated carbocycles. The number of nitriles is 1. The summed E-state index contributed by atoms with van der Waals surface area (Å²) >= 11 is 1.59. The average Bonchev–Trinajstić information content (AvgIpc) is 3.84. The van der Waals surface area contributed by atoms with Crippen molar-refractivity contribution in [2.75, 3.05) is 0 Å². The van der Waals surface area contributed by atoms with E-state index >= 15 is 0 Å². The maximum atomic E-state index is 13.7. The normalized spacial score (nSPS) is 15.6. The van der Waals surface area contributed by atoms with Gasteiger partial charge in [-0.25, -0.2) is 14.4 Å². The lowest BCUT2D eigenvalue weighted by molar-refractivity contribution is 0.0803. The van der Waals surface area contributed by atoms with Crippen LogP contribution in [0.25, 0.3) is 43.9 Å². The summed E-state index contributed by atoms with van der Waals surface area (Å²) in [7, 11) is 0. The van der Waals surface area contributed by atoms with Crippen LogP contribution in [0.1, 0.15) is 78.2 Å². The third-order valence-electron chi connectivity index (χ3n) is 9.40. The van der Waals surface area contributed by atoms with Crippen LogP contribution in [0, 0.1) is 28.0 Å². The molecule has 11 heteroatoms. The number of carbonyl (C=O) groups excluding carboxylic acids is 2. The van der Waals surface area contributed by atoms with Gasteiger partial charge in [-0.05, 0) is 74.2 Å². The van der Waals surface area contributed by atoms with Crippen LogP contribution in [0.3, 0.4) is 0 Å². The summed E-state index contributed by atoms with van der Waals surface area (Å²) in [6.07, 6.45) is 8.60. The second-order valence-electron chi connectivity index (χ2n) is 14.0. The van der Waals surface area contributed by atoms with Crippen LogP contribution in [-0.2, 0) is 12.8 Å². The Bertz CT molecular complexity index is 2360. The first-order chi connectivity index (χ1) is 24.4. The van der Waals surface area contributed by atoms with Crippen molar-refractivity contribution in [1.82, 2.24) is 25.1 Å². The van der Waals surface area contributed by atoms with Gasteiger partial charge < -0.3 is 4.52 Å². The van der Waals surface area contributed by atoms with Gasteiger partial charge in [0, 0.05) is 57.7 Å². The first-order valence-corrected chi connectivity index (χ1v) is 17.4. The van der Waals surface area contributed by atoms with E-state index in [-0.39, 0.29) is 28.0 Å². The van der Waals surface area contributed by atoms with E-state index in [1.165, 1.54) is 12.1 Å². The lowest BCUT2D eigenvalue weighted by atomic mass is 9.75. The molecule has 254 valence electrons. The van der Waals surface area contributed by atoms with E-state index in [1.807, 2.05) is 70.4 Å². The second kappa shape index (κ2) is 13.2. The number of rotatable bonds is 4. The van der Waals surface area contributed by atoms with E-state index in [0.29, 0.717) is 28.3 Å². The van der Waals surface area contributed by atoms with E-state index < -0.39 is 5.82 Å². The quantitative estimate of drug-likeness (QED) is 0.177. The van der Waals surface area contributed by atoms with Gasteiger partial charge in [0.05, 0.1) is 39.3 Å². The number of nitrogens with zero attached hydrogens (tertiary/aromatic N) is 6. The molecular formula is C40H33FN6O3S. The largest absolute Gasteiger partial charge is 0.356 e. The number of Topliss-reactive ketones (excluding diaryl/α,β-unsaturated/α-hetero) is 2. The van der Waals surface area contributed by atoms with Gasteiger partial charge in [0.1, 0.15) is 16.5 Å². The zero-order valence-electron chi connectivity index (χ0n) is 28.5. The number of hydrogen-bond donors (Lipinski definition) is 0. The number of aryl methyl sites for hydroxylation is 2. The Hall–Kier alpha value is -5.73. The SMILES string of the molecule is CC1(C)CCc2nc(-c3cc(-c4cc(F)cc(C#N)c4)on3)ccc2C1=O.CC1(C)CCc2nc(-c3ncc(-c4cccnc4)s3)ccc2C1=O. The van der Waals surface area contributed by atoms with Crippen molar-refractivity contribution in [2.45, 2.75) is 53.4 Å². The number of carbonyl (C=O) groups is 2. The lowest BCUT2D eigenvalue weighted by Gasteiger charge is -2.28. The molecule has 2 aliphatic rings. The molecule has 2 aliphatic carbocycles. The highest BCUT2D eigenvalue weighted by molar-refractivity contribution is 7.18. The molecule has 5 aromatic heterocycles. The number of fused-ring (bicyclic) bond motifs is 2. The Morgan fingerprint density at radius 2 is 1.47 bits per heavy atom. The molecule has 0 atom stereocenters. The first kappa shape index (κ1) is 33.8. The van der Waals surface area contributed by atoms with Gasteiger partial charge in [0.25, 0.3) is 0 Å². The first-order valence-electron chi connectivity index (χ1n) is 16.6. The molecule has 0 unspecified atom stereocenters. The fraction of sp³-hybridized carbons (Fsp3) is 0.250. The van der Waals surface area contributed by atoms with E-state index in [4.69, 9.17) is 14.8 Å². The minimum Gasteiger partial charge on any atom is -0.356 e. The minimum absolute atomic E-state index is 0.104. The highest BCUT2D eigenvalue weighted by Crippen LogP contribution is 2.37. The molecule has 0 N–H and O–H groups in total. The Balaban J connectivity index is 0.000000160. The van der Waals surface area contributed by atoms with Crippen molar-refractivity contribution in [1.29, 1.82) is 5.26 Å². The van der Waals surface area contributed by atoms with Gasteiger partial charge in [-0.2, -0.15) is 5.26 Å². The van der Waals surface area contributed by atoms with Crippen LogP contribution in [0.4, 0.5) is 4.39 Å². The summed E-state index contributed by atoms with van der Waals surface area (Å²) in [5, 5.41) is 13.9. The minimum atomic E-state index is -0.518. The van der Waals surface area contributed by atoms with Gasteiger partial charge in [-0.15, -0.1) is 11.3 Å². The Morgan fingerprint density at radius 1 is 0.804 bits per heavy atom. The monoisotopic (exact) mass is 696 g/mol. The van der Waals surface area contributed by atoms with Crippen LogP contribution in [0.2, 0.25) is 0 Å². The molecular weight excluding hydrogens is 664 g/mol. The molecule has 0 bridgehead atoms. The van der Waals surface area contributed by atoms with Gasteiger partial charge in [-0.3, -0.25) is 19.6 Å². The van der Waals surface area contributed by atoms with E-state index in [1.54, 1.807) is 35.7 Å². The van der Waals surface area contributed by atoms with Crippen molar-refractivity contribution in [2.24, 2.45) is 10.8 Å². The zero-order valence-corrected chi connectivity index (χ0v) is 29.3. The molecule has 0 fully saturated rings. The fourth-order valence-electron chi connectivity index (χ4n) is 6.24. The summed E-state index contributed by atoms with van der Waals surface area (Å²) in [5.74, 6) is 0.123. The number of halogens is 1.